The Hall–Kier alpha value is -3.44. The molecule has 0 aliphatic carbocycles. The lowest BCUT2D eigenvalue weighted by molar-refractivity contribution is -0.274. The van der Waals surface area contributed by atoms with Gasteiger partial charge in [0.2, 0.25) is 5.91 Å². The average Bonchev–Trinajstić information content (AvgIpc) is 3.09. The topological polar surface area (TPSA) is 110 Å². The first-order valence-electron chi connectivity index (χ1n) is 8.65. The quantitative estimate of drug-likeness (QED) is 0.504. The minimum absolute atomic E-state index is 0.0273. The molecule has 0 bridgehead atoms. The van der Waals surface area contributed by atoms with Gasteiger partial charge in [0.1, 0.15) is 11.9 Å². The molecule has 30 heavy (non-hydrogen) atoms. The van der Waals surface area contributed by atoms with E-state index in [1.54, 1.807) is 0 Å². The Morgan fingerprint density at radius 1 is 1.30 bits per heavy atom. The smallest absolute Gasteiger partial charge is 0.406 e. The zero-order valence-electron chi connectivity index (χ0n) is 15.4. The van der Waals surface area contributed by atoms with Gasteiger partial charge < -0.3 is 20.3 Å². The predicted molar refractivity (Wildman–Crippen MR) is 99.6 cm³/mol. The van der Waals surface area contributed by atoms with E-state index in [1.807, 2.05) is 0 Å². The van der Waals surface area contributed by atoms with E-state index < -0.39 is 30.7 Å². The van der Waals surface area contributed by atoms with Crippen molar-refractivity contribution < 1.29 is 32.9 Å². The summed E-state index contributed by atoms with van der Waals surface area (Å²) in [6.07, 6.45) is -3.54. The molecular formula is C19H17F3N4O4. The van der Waals surface area contributed by atoms with Crippen molar-refractivity contribution in [1.29, 1.82) is 0 Å². The van der Waals surface area contributed by atoms with Gasteiger partial charge in [-0.1, -0.05) is 6.58 Å². The molecule has 158 valence electrons. The minimum atomic E-state index is -4.81. The molecule has 1 amide bonds. The number of carbonyl (C=O) groups is 1. The number of aliphatic hydroxyl groups excluding tert-OH is 2. The molecule has 0 aliphatic rings. The molecule has 1 atom stereocenters. The van der Waals surface area contributed by atoms with Crippen molar-refractivity contribution >= 4 is 16.9 Å². The molecule has 0 saturated heterocycles. The number of hydrogen-bond acceptors (Lipinski definition) is 6. The van der Waals surface area contributed by atoms with Crippen LogP contribution in [0, 0.1) is 0 Å². The molecule has 8 nitrogen and oxygen atoms in total. The number of benzene rings is 1. The van der Waals surface area contributed by atoms with Gasteiger partial charge in [0, 0.05) is 6.20 Å². The van der Waals surface area contributed by atoms with Crippen LogP contribution in [0.5, 0.6) is 5.75 Å². The Balaban J connectivity index is 2.08. The number of rotatable bonds is 7. The van der Waals surface area contributed by atoms with Crippen molar-refractivity contribution in [2.75, 3.05) is 6.61 Å². The van der Waals surface area contributed by atoms with E-state index in [2.05, 4.69) is 26.7 Å². The summed E-state index contributed by atoms with van der Waals surface area (Å²) in [7, 11) is 0. The number of hydrogen-bond donors (Lipinski definition) is 3. The fourth-order valence-corrected chi connectivity index (χ4v) is 2.85. The van der Waals surface area contributed by atoms with E-state index in [0.29, 0.717) is 22.3 Å². The summed E-state index contributed by atoms with van der Waals surface area (Å²) < 4.78 is 42.3. The first-order valence-corrected chi connectivity index (χ1v) is 8.65. The van der Waals surface area contributed by atoms with Crippen LogP contribution >= 0.6 is 0 Å². The zero-order chi connectivity index (χ0) is 21.9. The van der Waals surface area contributed by atoms with E-state index in [-0.39, 0.29) is 12.2 Å². The number of carbonyl (C=O) groups excluding carboxylic acids is 1. The number of nitrogens with one attached hydrogen (secondary N) is 1. The van der Waals surface area contributed by atoms with Crippen molar-refractivity contribution in [3.8, 4) is 11.4 Å². The van der Waals surface area contributed by atoms with Gasteiger partial charge in [-0.15, -0.1) is 13.2 Å². The van der Waals surface area contributed by atoms with Crippen molar-refractivity contribution in [3.63, 3.8) is 0 Å². The van der Waals surface area contributed by atoms with Gasteiger partial charge in [0.15, 0.2) is 5.65 Å². The summed E-state index contributed by atoms with van der Waals surface area (Å²) in [5.74, 6) is -0.843. The Bertz CT molecular complexity index is 1060. The standard InChI is InChI=1S/C19H17F3N4O4/c1-2-16(29)24-9-14-17-13(15(28)10-27)7-8-23-18(17)26(25-14)11-3-5-12(6-4-11)30-19(20,21)22/h2-8,15,27-28H,1,9-10H2,(H,24,29)/t15-/m1/s1. The number of halogens is 3. The molecule has 0 spiro atoms. The van der Waals surface area contributed by atoms with Gasteiger partial charge in [-0.3, -0.25) is 4.79 Å². The van der Waals surface area contributed by atoms with Crippen LogP contribution in [0.25, 0.3) is 16.7 Å². The second-order valence-electron chi connectivity index (χ2n) is 6.12. The summed E-state index contributed by atoms with van der Waals surface area (Å²) in [6.45, 7) is 2.79. The first-order chi connectivity index (χ1) is 14.2. The maximum absolute atomic E-state index is 12.4. The van der Waals surface area contributed by atoms with Gasteiger partial charge in [-0.05, 0) is 42.0 Å². The maximum Gasteiger partial charge on any atom is 0.573 e. The molecule has 0 aliphatic heterocycles. The molecule has 1 aromatic carbocycles. The summed E-state index contributed by atoms with van der Waals surface area (Å²) in [4.78, 5) is 15.8. The lowest BCUT2D eigenvalue weighted by Crippen LogP contribution is -2.20. The summed E-state index contributed by atoms with van der Waals surface area (Å²) in [5, 5.41) is 26.9. The molecule has 11 heteroatoms. The molecule has 0 fully saturated rings. The number of amides is 1. The lowest BCUT2D eigenvalue weighted by atomic mass is 10.1. The van der Waals surface area contributed by atoms with E-state index >= 15 is 0 Å². The van der Waals surface area contributed by atoms with Crippen LogP contribution in [0.2, 0.25) is 0 Å². The van der Waals surface area contributed by atoms with Crippen molar-refractivity contribution in [1.82, 2.24) is 20.1 Å². The zero-order valence-corrected chi connectivity index (χ0v) is 15.4. The Kier molecular flexibility index (Phi) is 6.04. The SMILES string of the molecule is C=CC(=O)NCc1nn(-c2ccc(OC(F)(F)F)cc2)c2nccc([C@H](O)CO)c12. The Morgan fingerprint density at radius 3 is 2.60 bits per heavy atom. The molecule has 0 unspecified atom stereocenters. The third-order valence-electron chi connectivity index (χ3n) is 4.14. The van der Waals surface area contributed by atoms with E-state index in [4.69, 9.17) is 0 Å². The highest BCUT2D eigenvalue weighted by Gasteiger charge is 2.31. The third kappa shape index (κ3) is 4.58. The largest absolute Gasteiger partial charge is 0.573 e. The van der Waals surface area contributed by atoms with Gasteiger partial charge in [0.05, 0.1) is 29.9 Å². The van der Waals surface area contributed by atoms with Crippen molar-refractivity contribution in [3.05, 3.63) is 60.4 Å². The highest BCUT2D eigenvalue weighted by atomic mass is 19.4. The summed E-state index contributed by atoms with van der Waals surface area (Å²) in [5.41, 5.74) is 1.34. The molecule has 0 saturated carbocycles. The second-order valence-corrected chi connectivity index (χ2v) is 6.12. The number of alkyl halides is 3. The number of nitrogens with zero attached hydrogens (tertiary/aromatic N) is 3. The van der Waals surface area contributed by atoms with Gasteiger partial charge in [0.25, 0.3) is 0 Å². The minimum Gasteiger partial charge on any atom is -0.406 e. The molecule has 2 heterocycles. The van der Waals surface area contributed by atoms with Crippen molar-refractivity contribution in [2.24, 2.45) is 0 Å². The van der Waals surface area contributed by atoms with Crippen molar-refractivity contribution in [2.45, 2.75) is 19.0 Å². The third-order valence-corrected chi connectivity index (χ3v) is 4.14. The van der Waals surface area contributed by atoms with Crippen LogP contribution < -0.4 is 10.1 Å². The number of pyridine rings is 1. The van der Waals surface area contributed by atoms with Crippen LogP contribution in [0.1, 0.15) is 17.4 Å². The van der Waals surface area contributed by atoms with Gasteiger partial charge in [-0.25, -0.2) is 9.67 Å². The van der Waals surface area contributed by atoms with E-state index in [0.717, 1.165) is 18.2 Å². The highest BCUT2D eigenvalue weighted by Crippen LogP contribution is 2.29. The average molecular weight is 422 g/mol. The Labute approximate surface area is 168 Å². The maximum atomic E-state index is 12.4. The highest BCUT2D eigenvalue weighted by molar-refractivity contribution is 5.88. The second kappa shape index (κ2) is 8.51. The van der Waals surface area contributed by atoms with Crippen LogP contribution in [-0.2, 0) is 11.3 Å². The number of aromatic nitrogens is 3. The first kappa shape index (κ1) is 21.3. The van der Waals surface area contributed by atoms with E-state index in [1.165, 1.54) is 29.1 Å². The monoisotopic (exact) mass is 422 g/mol. The lowest BCUT2D eigenvalue weighted by Gasteiger charge is -2.10. The number of fused-ring (bicyclic) bond motifs is 1. The molecule has 3 rings (SSSR count). The number of ether oxygens (including phenoxy) is 1. The fraction of sp³-hybridized carbons (Fsp3) is 0.211. The molecule has 3 aromatic rings. The number of aliphatic hydroxyl groups is 2. The van der Waals surface area contributed by atoms with Gasteiger partial charge in [-0.2, -0.15) is 5.10 Å². The molecule has 3 N–H and O–H groups in total. The van der Waals surface area contributed by atoms with Crippen LogP contribution in [0.15, 0.2) is 49.2 Å². The summed E-state index contributed by atoms with van der Waals surface area (Å²) >= 11 is 0. The summed E-state index contributed by atoms with van der Waals surface area (Å²) in [6, 6.07) is 6.48. The van der Waals surface area contributed by atoms with Crippen LogP contribution in [0.4, 0.5) is 13.2 Å². The molecular weight excluding hydrogens is 405 g/mol. The molecule has 2 aromatic heterocycles. The van der Waals surface area contributed by atoms with Crippen LogP contribution in [0.3, 0.4) is 0 Å². The normalized spacial score (nSPS) is 12.6. The van der Waals surface area contributed by atoms with E-state index in [9.17, 15) is 28.2 Å². The predicted octanol–water partition coefficient (Wildman–Crippen LogP) is 2.15. The molecule has 0 radical (unpaired) electrons. The van der Waals surface area contributed by atoms with Gasteiger partial charge >= 0.3 is 6.36 Å². The fourth-order valence-electron chi connectivity index (χ4n) is 2.85. The van der Waals surface area contributed by atoms with Crippen LogP contribution in [-0.4, -0.2) is 43.9 Å². The Morgan fingerprint density at radius 2 is 2.00 bits per heavy atom.